The molecule has 90 valence electrons. The minimum absolute atomic E-state index is 0.144. The van der Waals surface area contributed by atoms with Gasteiger partial charge in [0.25, 0.3) is 0 Å². The number of benzene rings is 2. The van der Waals surface area contributed by atoms with Crippen LogP contribution >= 0.6 is 0 Å². The molecule has 1 heterocycles. The summed E-state index contributed by atoms with van der Waals surface area (Å²) in [5, 5.41) is 0. The Hall–Kier alpha value is -2.16. The van der Waals surface area contributed by atoms with Gasteiger partial charge in [-0.25, -0.2) is 4.39 Å². The van der Waals surface area contributed by atoms with E-state index in [4.69, 9.17) is 0 Å². The number of hydrogen-bond acceptors (Lipinski definition) is 2. The van der Waals surface area contributed by atoms with Gasteiger partial charge in [-0.3, -0.25) is 4.79 Å². The van der Waals surface area contributed by atoms with Gasteiger partial charge >= 0.3 is 0 Å². The fraction of sp³-hybridized carbons (Fsp3) is 0.133. The first-order valence-electron chi connectivity index (χ1n) is 5.85. The molecule has 0 radical (unpaired) electrons. The molecule has 0 amide bonds. The molecule has 2 aromatic rings. The molecular weight excluding hydrogens is 229 g/mol. The summed E-state index contributed by atoms with van der Waals surface area (Å²) in [5.41, 5.74) is 3.28. The minimum atomic E-state index is -0.460. The van der Waals surface area contributed by atoms with Gasteiger partial charge in [0.1, 0.15) is 5.82 Å². The van der Waals surface area contributed by atoms with Crippen LogP contribution < -0.4 is 4.90 Å². The Labute approximate surface area is 105 Å². The van der Waals surface area contributed by atoms with E-state index >= 15 is 0 Å². The summed E-state index contributed by atoms with van der Waals surface area (Å²) in [6.45, 7) is 1.45. The maximum atomic E-state index is 13.6. The standard InChI is InChI=1S/C15H12FNO/c16-14-6-3-7-15(13(14)10-18)17-8-11-4-1-2-5-12(11)9-17/h1-7,10H,8-9H2. The predicted molar refractivity (Wildman–Crippen MR) is 68.1 cm³/mol. The molecule has 0 aliphatic carbocycles. The van der Waals surface area contributed by atoms with Crippen LogP contribution in [0.25, 0.3) is 0 Å². The number of halogens is 1. The molecule has 1 aliphatic rings. The van der Waals surface area contributed by atoms with E-state index in [2.05, 4.69) is 12.1 Å². The number of rotatable bonds is 2. The van der Waals surface area contributed by atoms with Crippen LogP contribution in [-0.2, 0) is 13.1 Å². The topological polar surface area (TPSA) is 20.3 Å². The second-order valence-corrected chi connectivity index (χ2v) is 4.42. The summed E-state index contributed by atoms with van der Waals surface area (Å²) in [6.07, 6.45) is 0.591. The highest BCUT2D eigenvalue weighted by Gasteiger charge is 2.21. The molecule has 0 bridgehead atoms. The Bertz CT molecular complexity index is 584. The second kappa shape index (κ2) is 4.26. The van der Waals surface area contributed by atoms with Crippen molar-refractivity contribution in [3.05, 3.63) is 65.0 Å². The van der Waals surface area contributed by atoms with Crippen molar-refractivity contribution in [2.75, 3.05) is 4.90 Å². The second-order valence-electron chi connectivity index (χ2n) is 4.42. The normalized spacial score (nSPS) is 13.5. The van der Waals surface area contributed by atoms with E-state index in [0.717, 1.165) is 13.1 Å². The number of carbonyl (C=O) groups is 1. The van der Waals surface area contributed by atoms with Gasteiger partial charge in [0.2, 0.25) is 0 Å². The fourth-order valence-electron chi connectivity index (χ4n) is 2.42. The van der Waals surface area contributed by atoms with Crippen LogP contribution in [0.3, 0.4) is 0 Å². The Morgan fingerprint density at radius 3 is 2.28 bits per heavy atom. The highest BCUT2D eigenvalue weighted by molar-refractivity contribution is 5.85. The monoisotopic (exact) mass is 241 g/mol. The first-order valence-corrected chi connectivity index (χ1v) is 5.85. The van der Waals surface area contributed by atoms with Gasteiger partial charge in [-0.05, 0) is 23.3 Å². The molecule has 0 fully saturated rings. The van der Waals surface area contributed by atoms with Gasteiger partial charge in [-0.2, -0.15) is 0 Å². The van der Waals surface area contributed by atoms with Crippen molar-refractivity contribution in [2.45, 2.75) is 13.1 Å². The van der Waals surface area contributed by atoms with Gasteiger partial charge < -0.3 is 4.90 Å². The summed E-state index contributed by atoms with van der Waals surface area (Å²) in [6, 6.07) is 12.9. The van der Waals surface area contributed by atoms with Crippen LogP contribution in [0, 0.1) is 5.82 Å². The van der Waals surface area contributed by atoms with Crippen LogP contribution in [0.15, 0.2) is 42.5 Å². The Balaban J connectivity index is 2.00. The first kappa shape index (κ1) is 11.0. The molecule has 18 heavy (non-hydrogen) atoms. The van der Waals surface area contributed by atoms with Gasteiger partial charge in [-0.1, -0.05) is 30.3 Å². The van der Waals surface area contributed by atoms with Gasteiger partial charge in [0.05, 0.1) is 11.3 Å². The minimum Gasteiger partial charge on any atom is -0.362 e. The van der Waals surface area contributed by atoms with Crippen molar-refractivity contribution in [1.82, 2.24) is 0 Å². The molecule has 0 saturated heterocycles. The van der Waals surface area contributed by atoms with Crippen LogP contribution in [0.5, 0.6) is 0 Å². The van der Waals surface area contributed by atoms with Crippen molar-refractivity contribution >= 4 is 12.0 Å². The number of nitrogens with zero attached hydrogens (tertiary/aromatic N) is 1. The maximum absolute atomic E-state index is 13.6. The Morgan fingerprint density at radius 1 is 1.00 bits per heavy atom. The molecule has 3 rings (SSSR count). The maximum Gasteiger partial charge on any atom is 0.155 e. The van der Waals surface area contributed by atoms with Crippen LogP contribution in [0.4, 0.5) is 10.1 Å². The SMILES string of the molecule is O=Cc1c(F)cccc1N1Cc2ccccc2C1. The fourth-order valence-corrected chi connectivity index (χ4v) is 2.42. The number of carbonyl (C=O) groups excluding carboxylic acids is 1. The Morgan fingerprint density at radius 2 is 1.67 bits per heavy atom. The summed E-state index contributed by atoms with van der Waals surface area (Å²) < 4.78 is 13.6. The van der Waals surface area contributed by atoms with Crippen molar-refractivity contribution in [3.8, 4) is 0 Å². The van der Waals surface area contributed by atoms with E-state index in [0.29, 0.717) is 12.0 Å². The highest BCUT2D eigenvalue weighted by atomic mass is 19.1. The third-order valence-corrected chi connectivity index (χ3v) is 3.33. The zero-order valence-electron chi connectivity index (χ0n) is 9.77. The molecule has 0 aromatic heterocycles. The smallest absolute Gasteiger partial charge is 0.155 e. The van der Waals surface area contributed by atoms with E-state index in [9.17, 15) is 9.18 Å². The van der Waals surface area contributed by atoms with Crippen LogP contribution in [0.1, 0.15) is 21.5 Å². The van der Waals surface area contributed by atoms with Crippen molar-refractivity contribution in [3.63, 3.8) is 0 Å². The average molecular weight is 241 g/mol. The van der Waals surface area contributed by atoms with Gasteiger partial charge in [0, 0.05) is 13.1 Å². The lowest BCUT2D eigenvalue weighted by Crippen LogP contribution is -2.16. The third-order valence-electron chi connectivity index (χ3n) is 3.33. The average Bonchev–Trinajstić information content (AvgIpc) is 2.82. The van der Waals surface area contributed by atoms with E-state index in [-0.39, 0.29) is 5.56 Å². The van der Waals surface area contributed by atoms with Gasteiger partial charge in [0.15, 0.2) is 6.29 Å². The van der Waals surface area contributed by atoms with Crippen molar-refractivity contribution in [2.24, 2.45) is 0 Å². The Kier molecular flexibility index (Phi) is 2.59. The largest absolute Gasteiger partial charge is 0.362 e. The molecule has 2 nitrogen and oxygen atoms in total. The van der Waals surface area contributed by atoms with E-state index in [1.165, 1.54) is 17.2 Å². The number of anilines is 1. The predicted octanol–water partition coefficient (Wildman–Crippen LogP) is 3.16. The summed E-state index contributed by atoms with van der Waals surface area (Å²) in [5.74, 6) is -0.460. The highest BCUT2D eigenvalue weighted by Crippen LogP contribution is 2.30. The molecule has 2 aromatic carbocycles. The first-order chi connectivity index (χ1) is 8.79. The number of fused-ring (bicyclic) bond motifs is 1. The van der Waals surface area contributed by atoms with Crippen molar-refractivity contribution < 1.29 is 9.18 Å². The summed E-state index contributed by atoms with van der Waals surface area (Å²) in [7, 11) is 0. The number of hydrogen-bond donors (Lipinski definition) is 0. The molecule has 0 spiro atoms. The van der Waals surface area contributed by atoms with Crippen LogP contribution in [-0.4, -0.2) is 6.29 Å². The lowest BCUT2D eigenvalue weighted by molar-refractivity contribution is 0.112. The number of aldehydes is 1. The zero-order valence-corrected chi connectivity index (χ0v) is 9.77. The van der Waals surface area contributed by atoms with E-state index < -0.39 is 5.82 Å². The van der Waals surface area contributed by atoms with E-state index in [1.807, 2.05) is 17.0 Å². The molecule has 3 heteroatoms. The summed E-state index contributed by atoms with van der Waals surface area (Å²) in [4.78, 5) is 13.0. The van der Waals surface area contributed by atoms with Crippen LogP contribution in [0.2, 0.25) is 0 Å². The quantitative estimate of drug-likeness (QED) is 0.753. The molecule has 0 saturated carbocycles. The summed E-state index contributed by atoms with van der Waals surface area (Å²) >= 11 is 0. The lowest BCUT2D eigenvalue weighted by atomic mass is 10.1. The van der Waals surface area contributed by atoms with E-state index in [1.54, 1.807) is 12.1 Å². The molecule has 0 atom stereocenters. The third kappa shape index (κ3) is 1.68. The lowest BCUT2D eigenvalue weighted by Gasteiger charge is -2.19. The van der Waals surface area contributed by atoms with Gasteiger partial charge in [-0.15, -0.1) is 0 Å². The molecule has 1 aliphatic heterocycles. The zero-order chi connectivity index (χ0) is 12.5. The molecule has 0 unspecified atom stereocenters. The molecular formula is C15H12FNO. The molecule has 0 N–H and O–H groups in total. The van der Waals surface area contributed by atoms with Crippen molar-refractivity contribution in [1.29, 1.82) is 0 Å².